The first-order valence-electron chi connectivity index (χ1n) is 10.9. The van der Waals surface area contributed by atoms with Crippen molar-refractivity contribution in [2.75, 3.05) is 23.5 Å². The Labute approximate surface area is 194 Å². The molecule has 1 amide bonds. The number of hydrogen-bond donors (Lipinski definition) is 0. The molecular formula is C24H28N2O4S2. The molecule has 32 heavy (non-hydrogen) atoms. The topological polar surface area (TPSA) is 76.0 Å². The zero-order valence-electron chi connectivity index (χ0n) is 18.6. The minimum absolute atomic E-state index is 0.0889. The van der Waals surface area contributed by atoms with Crippen LogP contribution in [0.15, 0.2) is 47.5 Å². The first kappa shape index (κ1) is 22.9. The first-order valence-corrected chi connectivity index (χ1v) is 13.6. The minimum Gasteiger partial charge on any atom is -0.496 e. The van der Waals surface area contributed by atoms with Crippen molar-refractivity contribution in [3.63, 3.8) is 0 Å². The molecule has 0 aromatic heterocycles. The molecular weight excluding hydrogens is 444 g/mol. The third-order valence-corrected chi connectivity index (χ3v) is 9.24. The van der Waals surface area contributed by atoms with Crippen LogP contribution in [0.5, 0.6) is 5.75 Å². The molecule has 0 radical (unpaired) electrons. The highest BCUT2D eigenvalue weighted by Crippen LogP contribution is 2.43. The van der Waals surface area contributed by atoms with Gasteiger partial charge in [0.1, 0.15) is 5.75 Å². The summed E-state index contributed by atoms with van der Waals surface area (Å²) in [4.78, 5) is 19.5. The van der Waals surface area contributed by atoms with Crippen LogP contribution < -0.4 is 9.64 Å². The van der Waals surface area contributed by atoms with Crippen LogP contribution in [0.4, 0.5) is 5.69 Å². The molecule has 4 rings (SSSR count). The second-order valence-electron chi connectivity index (χ2n) is 8.08. The van der Waals surface area contributed by atoms with Crippen LogP contribution in [0.1, 0.15) is 30.5 Å². The van der Waals surface area contributed by atoms with Crippen molar-refractivity contribution in [1.29, 1.82) is 0 Å². The van der Waals surface area contributed by atoms with E-state index < -0.39 is 9.84 Å². The molecule has 8 heteroatoms. The third-order valence-electron chi connectivity index (χ3n) is 6.03. The Hall–Kier alpha value is -2.32. The van der Waals surface area contributed by atoms with E-state index in [0.29, 0.717) is 10.9 Å². The lowest BCUT2D eigenvalue weighted by molar-refractivity contribution is -0.117. The van der Waals surface area contributed by atoms with Gasteiger partial charge in [-0.25, -0.2) is 8.42 Å². The van der Waals surface area contributed by atoms with Gasteiger partial charge in [-0.05, 0) is 30.0 Å². The van der Waals surface area contributed by atoms with Crippen molar-refractivity contribution < 1.29 is 17.9 Å². The van der Waals surface area contributed by atoms with Gasteiger partial charge in [0.15, 0.2) is 15.0 Å². The van der Waals surface area contributed by atoms with Gasteiger partial charge in [-0.1, -0.05) is 62.0 Å². The van der Waals surface area contributed by atoms with Gasteiger partial charge in [0.25, 0.3) is 5.91 Å². The number of benzene rings is 2. The summed E-state index contributed by atoms with van der Waals surface area (Å²) in [5, 5.41) is 0.484. The zero-order chi connectivity index (χ0) is 22.9. The van der Waals surface area contributed by atoms with Crippen LogP contribution in [0.3, 0.4) is 0 Å². The van der Waals surface area contributed by atoms with Crippen LogP contribution in [-0.4, -0.2) is 49.4 Å². The summed E-state index contributed by atoms with van der Waals surface area (Å²) in [5.74, 6) is 0.598. The SMILES string of the molecule is CCc1cccc(CC)c1N1C(=NC(=O)Cc2ccccc2OC)S[C@H]2CS(=O)(=O)C[C@@H]21. The van der Waals surface area contributed by atoms with Gasteiger partial charge < -0.3 is 9.64 Å². The first-order chi connectivity index (χ1) is 15.4. The van der Waals surface area contributed by atoms with E-state index in [2.05, 4.69) is 31.0 Å². The van der Waals surface area contributed by atoms with E-state index in [1.807, 2.05) is 35.2 Å². The number of aryl methyl sites for hydroxylation is 2. The van der Waals surface area contributed by atoms with Gasteiger partial charge in [0, 0.05) is 16.5 Å². The fourth-order valence-electron chi connectivity index (χ4n) is 4.51. The van der Waals surface area contributed by atoms with Crippen LogP contribution in [0.2, 0.25) is 0 Å². The molecule has 2 aliphatic rings. The van der Waals surface area contributed by atoms with E-state index >= 15 is 0 Å². The summed E-state index contributed by atoms with van der Waals surface area (Å²) in [6.45, 7) is 4.18. The lowest BCUT2D eigenvalue weighted by atomic mass is 10.0. The average molecular weight is 473 g/mol. The summed E-state index contributed by atoms with van der Waals surface area (Å²) in [6, 6.07) is 13.4. The molecule has 2 aliphatic heterocycles. The number of hydrogen-bond acceptors (Lipinski definition) is 5. The Morgan fingerprint density at radius 3 is 2.38 bits per heavy atom. The maximum absolute atomic E-state index is 13.0. The molecule has 6 nitrogen and oxygen atoms in total. The highest BCUT2D eigenvalue weighted by Gasteiger charge is 2.50. The van der Waals surface area contributed by atoms with Crippen LogP contribution in [-0.2, 0) is 33.9 Å². The second-order valence-corrected chi connectivity index (χ2v) is 11.4. The Balaban J connectivity index is 1.74. The highest BCUT2D eigenvalue weighted by molar-refractivity contribution is 8.16. The van der Waals surface area contributed by atoms with Crippen molar-refractivity contribution in [2.24, 2.45) is 4.99 Å². The fourth-order valence-corrected chi connectivity index (χ4v) is 8.43. The number of amidine groups is 1. The highest BCUT2D eigenvalue weighted by atomic mass is 32.2. The molecule has 0 unspecified atom stereocenters. The van der Waals surface area contributed by atoms with Crippen LogP contribution in [0.25, 0.3) is 0 Å². The number of carbonyl (C=O) groups is 1. The Bertz CT molecular complexity index is 1140. The zero-order valence-corrected chi connectivity index (χ0v) is 20.2. The normalized spacial score (nSPS) is 22.8. The Morgan fingerprint density at radius 1 is 1.06 bits per heavy atom. The van der Waals surface area contributed by atoms with Gasteiger partial charge >= 0.3 is 0 Å². The van der Waals surface area contributed by atoms with Gasteiger partial charge in [0.05, 0.1) is 31.1 Å². The van der Waals surface area contributed by atoms with E-state index in [0.717, 1.165) is 35.2 Å². The second kappa shape index (κ2) is 9.27. The molecule has 0 N–H and O–H groups in total. The molecule has 2 heterocycles. The average Bonchev–Trinajstić information content (AvgIpc) is 3.23. The number of ether oxygens (including phenoxy) is 1. The van der Waals surface area contributed by atoms with Gasteiger partial charge in [0.2, 0.25) is 0 Å². The largest absolute Gasteiger partial charge is 0.496 e. The number of sulfone groups is 1. The van der Waals surface area contributed by atoms with Gasteiger partial charge in [-0.15, -0.1) is 0 Å². The number of carbonyl (C=O) groups excluding carboxylic acids is 1. The van der Waals surface area contributed by atoms with Crippen molar-refractivity contribution in [3.05, 3.63) is 59.2 Å². The number of thioether (sulfide) groups is 1. The smallest absolute Gasteiger partial charge is 0.252 e. The molecule has 2 aromatic rings. The van der Waals surface area contributed by atoms with E-state index in [9.17, 15) is 13.2 Å². The summed E-state index contributed by atoms with van der Waals surface area (Å²) < 4.78 is 30.2. The number of rotatable bonds is 6. The van der Waals surface area contributed by atoms with Crippen LogP contribution >= 0.6 is 11.8 Å². The van der Waals surface area contributed by atoms with Gasteiger partial charge in [-0.2, -0.15) is 4.99 Å². The Kier molecular flexibility index (Phi) is 6.62. The molecule has 0 bridgehead atoms. The van der Waals surface area contributed by atoms with Crippen LogP contribution in [0, 0.1) is 0 Å². The molecule has 0 aliphatic carbocycles. The summed E-state index contributed by atoms with van der Waals surface area (Å²) in [6.07, 6.45) is 1.76. The molecule has 0 saturated carbocycles. The van der Waals surface area contributed by atoms with E-state index in [4.69, 9.17) is 4.74 Å². The standard InChI is InChI=1S/C24H28N2O4S2/c1-4-16-10-8-11-17(5-2)23(16)26-19-14-32(28,29)15-21(19)31-24(26)25-22(27)13-18-9-6-7-12-20(18)30-3/h6-12,19,21H,4-5,13-15H2,1-3H3/t19-,21-/m0/s1. The molecule has 2 aromatic carbocycles. The third kappa shape index (κ3) is 4.43. The predicted molar refractivity (Wildman–Crippen MR) is 131 cm³/mol. The lowest BCUT2D eigenvalue weighted by Gasteiger charge is -2.29. The van der Waals surface area contributed by atoms with Crippen molar-refractivity contribution in [1.82, 2.24) is 0 Å². The number of aliphatic imine (C=N–C) groups is 1. The molecule has 0 spiro atoms. The lowest BCUT2D eigenvalue weighted by Crippen LogP contribution is -2.39. The van der Waals surface area contributed by atoms with Crippen molar-refractivity contribution in [3.8, 4) is 5.75 Å². The quantitative estimate of drug-likeness (QED) is 0.639. The maximum Gasteiger partial charge on any atom is 0.252 e. The minimum atomic E-state index is -3.11. The Morgan fingerprint density at radius 2 is 1.72 bits per heavy atom. The van der Waals surface area contributed by atoms with Crippen molar-refractivity contribution >= 4 is 38.4 Å². The summed E-state index contributed by atoms with van der Waals surface area (Å²) in [7, 11) is -1.53. The number of amides is 1. The monoisotopic (exact) mass is 472 g/mol. The maximum atomic E-state index is 13.0. The number of methoxy groups -OCH3 is 1. The number of nitrogens with zero attached hydrogens (tertiary/aromatic N) is 2. The molecule has 2 fully saturated rings. The molecule has 2 saturated heterocycles. The summed E-state index contributed by atoms with van der Waals surface area (Å²) in [5.41, 5.74) is 4.07. The number of fused-ring (bicyclic) bond motifs is 1. The van der Waals surface area contributed by atoms with E-state index in [1.54, 1.807) is 7.11 Å². The number of para-hydroxylation sites is 2. The van der Waals surface area contributed by atoms with Crippen molar-refractivity contribution in [2.45, 2.75) is 44.4 Å². The molecule has 170 valence electrons. The van der Waals surface area contributed by atoms with E-state index in [-0.39, 0.29) is 35.1 Å². The molecule has 2 atom stereocenters. The fraction of sp³-hybridized carbons (Fsp3) is 0.417. The predicted octanol–water partition coefficient (Wildman–Crippen LogP) is 3.66. The van der Waals surface area contributed by atoms with E-state index in [1.165, 1.54) is 11.8 Å². The summed E-state index contributed by atoms with van der Waals surface area (Å²) >= 11 is 1.42. The van der Waals surface area contributed by atoms with Gasteiger partial charge in [-0.3, -0.25) is 4.79 Å². The number of anilines is 1.